The standard InChI is InChI=1S/C11H16ClNO/c1-5-14-9-6-10(12)13-7-8(9)11(2,3)4/h6-7H,5H2,1-4H3. The fraction of sp³-hybridized carbons (Fsp3) is 0.545. The number of nitrogens with zero attached hydrogens (tertiary/aromatic N) is 1. The third kappa shape index (κ3) is 2.61. The molecule has 1 heterocycles. The number of rotatable bonds is 2. The fourth-order valence-electron chi connectivity index (χ4n) is 1.25. The van der Waals surface area contributed by atoms with E-state index in [-0.39, 0.29) is 5.41 Å². The van der Waals surface area contributed by atoms with Gasteiger partial charge in [0.05, 0.1) is 6.61 Å². The molecule has 3 heteroatoms. The molecular formula is C11H16ClNO. The van der Waals surface area contributed by atoms with E-state index in [0.717, 1.165) is 11.3 Å². The van der Waals surface area contributed by atoms with Crippen molar-refractivity contribution in [2.45, 2.75) is 33.1 Å². The van der Waals surface area contributed by atoms with Crippen molar-refractivity contribution in [3.63, 3.8) is 0 Å². The number of ether oxygens (including phenoxy) is 1. The summed E-state index contributed by atoms with van der Waals surface area (Å²) in [6, 6.07) is 1.77. The molecule has 2 nitrogen and oxygen atoms in total. The summed E-state index contributed by atoms with van der Waals surface area (Å²) >= 11 is 5.81. The molecule has 78 valence electrons. The van der Waals surface area contributed by atoms with Crippen LogP contribution in [0.5, 0.6) is 5.75 Å². The maximum absolute atomic E-state index is 5.81. The Hall–Kier alpha value is -0.760. The fourth-order valence-corrected chi connectivity index (χ4v) is 1.40. The molecule has 0 unspecified atom stereocenters. The number of aromatic nitrogens is 1. The highest BCUT2D eigenvalue weighted by Gasteiger charge is 2.19. The summed E-state index contributed by atoms with van der Waals surface area (Å²) in [6.07, 6.45) is 1.79. The van der Waals surface area contributed by atoms with Gasteiger partial charge in [-0.2, -0.15) is 0 Å². The molecule has 0 N–H and O–H groups in total. The van der Waals surface area contributed by atoms with Crippen LogP contribution in [0.1, 0.15) is 33.3 Å². The number of halogens is 1. The highest BCUT2D eigenvalue weighted by Crippen LogP contribution is 2.31. The maximum Gasteiger partial charge on any atom is 0.132 e. The van der Waals surface area contributed by atoms with Crippen molar-refractivity contribution in [2.24, 2.45) is 0 Å². The molecule has 0 atom stereocenters. The Morgan fingerprint density at radius 1 is 1.43 bits per heavy atom. The molecule has 1 aromatic rings. The Kier molecular flexibility index (Phi) is 3.38. The average Bonchev–Trinajstić information content (AvgIpc) is 2.02. The van der Waals surface area contributed by atoms with Crippen LogP contribution >= 0.6 is 11.6 Å². The average molecular weight is 214 g/mol. The van der Waals surface area contributed by atoms with Crippen molar-refractivity contribution in [2.75, 3.05) is 6.61 Å². The van der Waals surface area contributed by atoms with Gasteiger partial charge in [0.15, 0.2) is 0 Å². The van der Waals surface area contributed by atoms with Crippen molar-refractivity contribution in [3.8, 4) is 5.75 Å². The van der Waals surface area contributed by atoms with Gasteiger partial charge < -0.3 is 4.74 Å². The lowest BCUT2D eigenvalue weighted by Gasteiger charge is -2.21. The Balaban J connectivity index is 3.15. The van der Waals surface area contributed by atoms with E-state index in [9.17, 15) is 0 Å². The van der Waals surface area contributed by atoms with E-state index in [0.29, 0.717) is 11.8 Å². The first-order valence-electron chi connectivity index (χ1n) is 4.74. The van der Waals surface area contributed by atoms with E-state index in [1.165, 1.54) is 0 Å². The Bertz CT molecular complexity index is 318. The first-order chi connectivity index (χ1) is 6.45. The minimum atomic E-state index is 0.0299. The van der Waals surface area contributed by atoms with Crippen molar-refractivity contribution in [3.05, 3.63) is 23.0 Å². The third-order valence-electron chi connectivity index (χ3n) is 1.94. The van der Waals surface area contributed by atoms with Gasteiger partial charge in [0, 0.05) is 17.8 Å². The topological polar surface area (TPSA) is 22.1 Å². The summed E-state index contributed by atoms with van der Waals surface area (Å²) in [5.74, 6) is 0.833. The Morgan fingerprint density at radius 2 is 2.07 bits per heavy atom. The second kappa shape index (κ2) is 4.18. The van der Waals surface area contributed by atoms with Crippen LogP contribution < -0.4 is 4.74 Å². The van der Waals surface area contributed by atoms with Gasteiger partial charge >= 0.3 is 0 Å². The van der Waals surface area contributed by atoms with Crippen LogP contribution in [0.15, 0.2) is 12.3 Å². The van der Waals surface area contributed by atoms with E-state index >= 15 is 0 Å². The molecule has 0 fully saturated rings. The Morgan fingerprint density at radius 3 is 2.57 bits per heavy atom. The molecule has 1 aromatic heterocycles. The summed E-state index contributed by atoms with van der Waals surface area (Å²) < 4.78 is 5.52. The quantitative estimate of drug-likeness (QED) is 0.703. The van der Waals surface area contributed by atoms with Crippen LogP contribution in [0, 0.1) is 0 Å². The minimum absolute atomic E-state index is 0.0299. The zero-order chi connectivity index (χ0) is 10.8. The molecule has 0 aromatic carbocycles. The van der Waals surface area contributed by atoms with Gasteiger partial charge in [-0.25, -0.2) is 4.98 Å². The molecule has 0 spiro atoms. The molecule has 0 radical (unpaired) electrons. The molecule has 0 aliphatic carbocycles. The Labute approximate surface area is 90.3 Å². The molecule has 0 bridgehead atoms. The van der Waals surface area contributed by atoms with Gasteiger partial charge in [0.2, 0.25) is 0 Å². The number of pyridine rings is 1. The minimum Gasteiger partial charge on any atom is -0.493 e. The number of hydrogen-bond donors (Lipinski definition) is 0. The van der Waals surface area contributed by atoms with Gasteiger partial charge in [0.25, 0.3) is 0 Å². The second-order valence-corrected chi connectivity index (χ2v) is 4.57. The van der Waals surface area contributed by atoms with Gasteiger partial charge in [0.1, 0.15) is 10.9 Å². The largest absolute Gasteiger partial charge is 0.493 e. The summed E-state index contributed by atoms with van der Waals surface area (Å²) in [5, 5.41) is 0.474. The summed E-state index contributed by atoms with van der Waals surface area (Å²) in [7, 11) is 0. The highest BCUT2D eigenvalue weighted by molar-refractivity contribution is 6.29. The van der Waals surface area contributed by atoms with E-state index < -0.39 is 0 Å². The molecule has 0 aliphatic rings. The van der Waals surface area contributed by atoms with Gasteiger partial charge in [-0.05, 0) is 12.3 Å². The lowest BCUT2D eigenvalue weighted by atomic mass is 9.88. The third-order valence-corrected chi connectivity index (χ3v) is 2.15. The van der Waals surface area contributed by atoms with Crippen LogP contribution in [-0.4, -0.2) is 11.6 Å². The number of hydrogen-bond acceptors (Lipinski definition) is 2. The van der Waals surface area contributed by atoms with E-state index in [4.69, 9.17) is 16.3 Å². The maximum atomic E-state index is 5.81. The zero-order valence-corrected chi connectivity index (χ0v) is 9.85. The monoisotopic (exact) mass is 213 g/mol. The van der Waals surface area contributed by atoms with Crippen molar-refractivity contribution in [1.82, 2.24) is 4.98 Å². The van der Waals surface area contributed by atoms with E-state index in [1.54, 1.807) is 12.3 Å². The normalized spacial score (nSPS) is 11.5. The first-order valence-corrected chi connectivity index (χ1v) is 5.11. The predicted octanol–water partition coefficient (Wildman–Crippen LogP) is 3.43. The van der Waals surface area contributed by atoms with Gasteiger partial charge in [-0.3, -0.25) is 0 Å². The van der Waals surface area contributed by atoms with Crippen LogP contribution in [-0.2, 0) is 5.41 Å². The smallest absolute Gasteiger partial charge is 0.132 e. The molecular weight excluding hydrogens is 198 g/mol. The summed E-state index contributed by atoms with van der Waals surface area (Å²) in [5.41, 5.74) is 1.12. The highest BCUT2D eigenvalue weighted by atomic mass is 35.5. The van der Waals surface area contributed by atoms with Crippen molar-refractivity contribution >= 4 is 11.6 Å². The van der Waals surface area contributed by atoms with E-state index in [2.05, 4.69) is 25.8 Å². The van der Waals surface area contributed by atoms with Crippen LogP contribution in [0.3, 0.4) is 0 Å². The summed E-state index contributed by atoms with van der Waals surface area (Å²) in [6.45, 7) is 8.98. The lowest BCUT2D eigenvalue weighted by molar-refractivity contribution is 0.329. The van der Waals surface area contributed by atoms with Crippen molar-refractivity contribution < 1.29 is 4.74 Å². The summed E-state index contributed by atoms with van der Waals surface area (Å²) in [4.78, 5) is 4.07. The first kappa shape index (κ1) is 11.3. The zero-order valence-electron chi connectivity index (χ0n) is 9.10. The van der Waals surface area contributed by atoms with Crippen LogP contribution in [0.25, 0.3) is 0 Å². The molecule has 1 rings (SSSR count). The van der Waals surface area contributed by atoms with Gasteiger partial charge in [-0.1, -0.05) is 32.4 Å². The predicted molar refractivity (Wildman–Crippen MR) is 59.1 cm³/mol. The molecule has 0 saturated heterocycles. The van der Waals surface area contributed by atoms with E-state index in [1.807, 2.05) is 6.92 Å². The van der Waals surface area contributed by atoms with Crippen molar-refractivity contribution in [1.29, 1.82) is 0 Å². The molecule has 14 heavy (non-hydrogen) atoms. The molecule has 0 amide bonds. The SMILES string of the molecule is CCOc1cc(Cl)ncc1C(C)(C)C. The molecule has 0 saturated carbocycles. The van der Waals surface area contributed by atoms with Crippen LogP contribution in [0.4, 0.5) is 0 Å². The van der Waals surface area contributed by atoms with Gasteiger partial charge in [-0.15, -0.1) is 0 Å². The van der Waals surface area contributed by atoms with Crippen LogP contribution in [0.2, 0.25) is 5.15 Å². The lowest BCUT2D eigenvalue weighted by Crippen LogP contribution is -2.14. The second-order valence-electron chi connectivity index (χ2n) is 4.19. The molecule has 0 aliphatic heterocycles.